The third kappa shape index (κ3) is 2.37. The zero-order chi connectivity index (χ0) is 18.9. The van der Waals surface area contributed by atoms with Gasteiger partial charge in [-0.2, -0.15) is 0 Å². The quantitative estimate of drug-likeness (QED) is 0.657. The number of carbonyl (C=O) groups is 1. The van der Waals surface area contributed by atoms with Crippen molar-refractivity contribution >= 4 is 5.78 Å². The summed E-state index contributed by atoms with van der Waals surface area (Å²) in [6, 6.07) is 0. The fourth-order valence-corrected chi connectivity index (χ4v) is 7.39. The standard InChI is InChI=1S/C24H34O3/c1-4-21(25)23(3)11-9-20-19-6-5-16-15-24(26-13-14-27-24)12-8-17(16)18(19)7-10-22(20,23)2/h7,19-20H,4-6,8-15H2,1-3H3/t19?,20?,22-,23+/m0/s1. The summed E-state index contributed by atoms with van der Waals surface area (Å²) < 4.78 is 12.0. The van der Waals surface area contributed by atoms with Crippen molar-refractivity contribution in [2.75, 3.05) is 13.2 Å². The van der Waals surface area contributed by atoms with Gasteiger partial charge in [0.1, 0.15) is 5.78 Å². The first-order valence-corrected chi connectivity index (χ1v) is 11.1. The van der Waals surface area contributed by atoms with Crippen LogP contribution in [0.2, 0.25) is 0 Å². The van der Waals surface area contributed by atoms with Crippen LogP contribution in [0.15, 0.2) is 22.8 Å². The average Bonchev–Trinajstić information content (AvgIpc) is 3.23. The monoisotopic (exact) mass is 370 g/mol. The topological polar surface area (TPSA) is 35.5 Å². The summed E-state index contributed by atoms with van der Waals surface area (Å²) in [5, 5.41) is 0. The van der Waals surface area contributed by atoms with Crippen LogP contribution in [0.1, 0.15) is 78.6 Å². The first-order valence-electron chi connectivity index (χ1n) is 11.1. The van der Waals surface area contributed by atoms with Gasteiger partial charge in [0.05, 0.1) is 13.2 Å². The normalized spacial score (nSPS) is 42.6. The molecule has 2 fully saturated rings. The Kier molecular flexibility index (Phi) is 4.05. The minimum Gasteiger partial charge on any atom is -0.347 e. The van der Waals surface area contributed by atoms with Crippen LogP contribution >= 0.6 is 0 Å². The molecule has 1 spiro atoms. The van der Waals surface area contributed by atoms with Crippen molar-refractivity contribution in [3.63, 3.8) is 0 Å². The predicted molar refractivity (Wildman–Crippen MR) is 105 cm³/mol. The Morgan fingerprint density at radius 2 is 1.93 bits per heavy atom. The van der Waals surface area contributed by atoms with E-state index in [4.69, 9.17) is 9.47 Å². The third-order valence-electron chi connectivity index (χ3n) is 9.19. The zero-order valence-corrected chi connectivity index (χ0v) is 17.2. The highest BCUT2D eigenvalue weighted by Crippen LogP contribution is 2.66. The van der Waals surface area contributed by atoms with Crippen LogP contribution < -0.4 is 0 Å². The molecule has 0 aromatic heterocycles. The highest BCUT2D eigenvalue weighted by Gasteiger charge is 2.61. The molecule has 3 heteroatoms. The van der Waals surface area contributed by atoms with Crippen LogP contribution in [0, 0.1) is 22.7 Å². The molecule has 5 aliphatic rings. The second-order valence-electron chi connectivity index (χ2n) is 10.0. The summed E-state index contributed by atoms with van der Waals surface area (Å²) in [5.41, 5.74) is 4.87. The van der Waals surface area contributed by atoms with Gasteiger partial charge in [-0.1, -0.05) is 32.4 Å². The maximum Gasteiger partial charge on any atom is 0.172 e. The number of carbonyl (C=O) groups excluding carboxylic acids is 1. The van der Waals surface area contributed by atoms with Gasteiger partial charge in [0, 0.05) is 24.7 Å². The SMILES string of the molecule is CCC(=O)[C@@]1(C)CCC2C3CCC4=C(CCC5(C4)OCCO5)C3=CC[C@@]21C. The first-order chi connectivity index (χ1) is 12.9. The summed E-state index contributed by atoms with van der Waals surface area (Å²) in [7, 11) is 0. The van der Waals surface area contributed by atoms with E-state index in [1.807, 2.05) is 6.92 Å². The second kappa shape index (κ2) is 6.03. The highest BCUT2D eigenvalue weighted by molar-refractivity contribution is 5.85. The Labute approximate surface area is 163 Å². The Morgan fingerprint density at radius 1 is 1.15 bits per heavy atom. The van der Waals surface area contributed by atoms with Gasteiger partial charge in [-0.05, 0) is 66.9 Å². The molecular weight excluding hydrogens is 336 g/mol. The van der Waals surface area contributed by atoms with E-state index in [0.717, 1.165) is 45.3 Å². The van der Waals surface area contributed by atoms with Gasteiger partial charge in [-0.15, -0.1) is 0 Å². The molecule has 4 atom stereocenters. The van der Waals surface area contributed by atoms with Gasteiger partial charge in [-0.3, -0.25) is 4.79 Å². The third-order valence-corrected chi connectivity index (χ3v) is 9.19. The molecule has 0 aromatic rings. The van der Waals surface area contributed by atoms with Gasteiger partial charge in [0.15, 0.2) is 5.79 Å². The predicted octanol–water partition coefficient (Wildman–Crippen LogP) is 5.35. The molecule has 0 radical (unpaired) electrons. The molecule has 0 aromatic carbocycles. The van der Waals surface area contributed by atoms with E-state index in [-0.39, 0.29) is 16.6 Å². The molecular formula is C24H34O3. The summed E-state index contributed by atoms with van der Waals surface area (Å²) in [6.07, 6.45) is 12.1. The largest absolute Gasteiger partial charge is 0.347 e. The Bertz CT molecular complexity index is 726. The first kappa shape index (κ1) is 18.1. The maximum absolute atomic E-state index is 12.9. The molecule has 0 amide bonds. The van der Waals surface area contributed by atoms with Crippen molar-refractivity contribution < 1.29 is 14.3 Å². The molecule has 0 bridgehead atoms. The zero-order valence-electron chi connectivity index (χ0n) is 17.2. The molecule has 27 heavy (non-hydrogen) atoms. The summed E-state index contributed by atoms with van der Waals surface area (Å²) in [5.74, 6) is 1.50. The Hall–Kier alpha value is -0.930. The number of Topliss-reactive ketones (excluding diaryl/α,β-unsaturated/α-hetero) is 1. The van der Waals surface area contributed by atoms with Crippen molar-refractivity contribution in [3.05, 3.63) is 22.8 Å². The van der Waals surface area contributed by atoms with Crippen molar-refractivity contribution in [1.82, 2.24) is 0 Å². The molecule has 3 nitrogen and oxygen atoms in total. The van der Waals surface area contributed by atoms with Crippen LogP contribution in [0.4, 0.5) is 0 Å². The molecule has 148 valence electrons. The van der Waals surface area contributed by atoms with Crippen molar-refractivity contribution in [2.45, 2.75) is 84.3 Å². The number of allylic oxidation sites excluding steroid dienone is 3. The maximum atomic E-state index is 12.9. The van der Waals surface area contributed by atoms with E-state index in [2.05, 4.69) is 19.9 Å². The van der Waals surface area contributed by atoms with Gasteiger partial charge < -0.3 is 9.47 Å². The van der Waals surface area contributed by atoms with E-state index in [1.165, 1.54) is 19.3 Å². The van der Waals surface area contributed by atoms with Gasteiger partial charge >= 0.3 is 0 Å². The fraction of sp³-hybridized carbons (Fsp3) is 0.792. The highest BCUT2D eigenvalue weighted by atomic mass is 16.7. The van der Waals surface area contributed by atoms with Crippen molar-refractivity contribution in [1.29, 1.82) is 0 Å². The average molecular weight is 371 g/mol. The van der Waals surface area contributed by atoms with E-state index in [0.29, 0.717) is 24.0 Å². The number of hydrogen-bond acceptors (Lipinski definition) is 3. The number of hydrogen-bond donors (Lipinski definition) is 0. The van der Waals surface area contributed by atoms with E-state index in [9.17, 15) is 4.79 Å². The van der Waals surface area contributed by atoms with Crippen LogP contribution in [-0.2, 0) is 14.3 Å². The van der Waals surface area contributed by atoms with Gasteiger partial charge in [0.25, 0.3) is 0 Å². The molecule has 2 unspecified atom stereocenters. The van der Waals surface area contributed by atoms with E-state index < -0.39 is 0 Å². The Balaban J connectivity index is 1.47. The smallest absolute Gasteiger partial charge is 0.172 e. The number of fused-ring (bicyclic) bond motifs is 4. The molecule has 1 saturated heterocycles. The minimum atomic E-state index is -0.311. The van der Waals surface area contributed by atoms with E-state index >= 15 is 0 Å². The molecule has 4 aliphatic carbocycles. The lowest BCUT2D eigenvalue weighted by Crippen LogP contribution is -2.47. The number of ketones is 1. The minimum absolute atomic E-state index is 0.134. The van der Waals surface area contributed by atoms with Crippen LogP contribution in [0.5, 0.6) is 0 Å². The van der Waals surface area contributed by atoms with Crippen LogP contribution in [0.3, 0.4) is 0 Å². The van der Waals surface area contributed by atoms with Crippen molar-refractivity contribution in [2.24, 2.45) is 22.7 Å². The summed E-state index contributed by atoms with van der Waals surface area (Å²) in [6.45, 7) is 8.23. The lowest BCUT2D eigenvalue weighted by Gasteiger charge is -2.51. The van der Waals surface area contributed by atoms with Gasteiger partial charge in [-0.25, -0.2) is 0 Å². The van der Waals surface area contributed by atoms with Crippen LogP contribution in [-0.4, -0.2) is 24.8 Å². The lowest BCUT2D eigenvalue weighted by atomic mass is 9.52. The molecule has 1 saturated carbocycles. The van der Waals surface area contributed by atoms with Gasteiger partial charge in [0.2, 0.25) is 0 Å². The summed E-state index contributed by atoms with van der Waals surface area (Å²) in [4.78, 5) is 12.9. The molecule has 5 rings (SSSR count). The van der Waals surface area contributed by atoms with Crippen molar-refractivity contribution in [3.8, 4) is 0 Å². The number of rotatable bonds is 2. The summed E-state index contributed by atoms with van der Waals surface area (Å²) >= 11 is 0. The molecule has 0 N–H and O–H groups in total. The second-order valence-corrected chi connectivity index (χ2v) is 10.0. The van der Waals surface area contributed by atoms with Crippen LogP contribution in [0.25, 0.3) is 0 Å². The fourth-order valence-electron chi connectivity index (χ4n) is 7.39. The van der Waals surface area contributed by atoms with E-state index in [1.54, 1.807) is 16.7 Å². The molecule has 1 heterocycles. The molecule has 1 aliphatic heterocycles. The Morgan fingerprint density at radius 3 is 2.67 bits per heavy atom. The lowest BCUT2D eigenvalue weighted by molar-refractivity contribution is -0.164. The number of ether oxygens (including phenoxy) is 2.